The molecule has 0 N–H and O–H groups in total. The van der Waals surface area contributed by atoms with Gasteiger partial charge in [-0.2, -0.15) is 12.6 Å². The zero-order chi connectivity index (χ0) is 12.3. The van der Waals surface area contributed by atoms with Crippen molar-refractivity contribution in [1.82, 2.24) is 9.55 Å². The van der Waals surface area contributed by atoms with E-state index in [9.17, 15) is 0 Å². The van der Waals surface area contributed by atoms with Gasteiger partial charge >= 0.3 is 0 Å². The quantitative estimate of drug-likeness (QED) is 0.820. The molecule has 1 aromatic heterocycles. The molecule has 0 aliphatic carbocycles. The molecule has 1 heterocycles. The summed E-state index contributed by atoms with van der Waals surface area (Å²) in [5.41, 5.74) is 3.69. The molecule has 0 saturated carbocycles. The van der Waals surface area contributed by atoms with Gasteiger partial charge in [0.2, 0.25) is 0 Å². The maximum atomic E-state index is 4.46. The van der Waals surface area contributed by atoms with Crippen LogP contribution in [0.5, 0.6) is 0 Å². The Balaban J connectivity index is 2.19. The fourth-order valence-electron chi connectivity index (χ4n) is 1.96. The molecule has 0 aliphatic heterocycles. The molecule has 0 saturated heterocycles. The number of hydrogen-bond donors (Lipinski definition) is 1. The van der Waals surface area contributed by atoms with Crippen LogP contribution in [0.1, 0.15) is 22.9 Å². The van der Waals surface area contributed by atoms with Crippen LogP contribution in [-0.2, 0) is 6.54 Å². The number of imidazole rings is 1. The Labute approximate surface area is 108 Å². The second kappa shape index (κ2) is 5.41. The fourth-order valence-corrected chi connectivity index (χ4v) is 2.29. The summed E-state index contributed by atoms with van der Waals surface area (Å²) in [7, 11) is 0. The van der Waals surface area contributed by atoms with Crippen LogP contribution in [0.4, 0.5) is 0 Å². The van der Waals surface area contributed by atoms with E-state index >= 15 is 0 Å². The summed E-state index contributed by atoms with van der Waals surface area (Å²) in [4.78, 5) is 4.34. The second-order valence-corrected chi connectivity index (χ2v) is 4.72. The van der Waals surface area contributed by atoms with Gasteiger partial charge in [0.1, 0.15) is 0 Å². The Morgan fingerprint density at radius 1 is 1.24 bits per heavy atom. The highest BCUT2D eigenvalue weighted by molar-refractivity contribution is 7.80. The van der Waals surface area contributed by atoms with Crippen molar-refractivity contribution >= 4 is 12.6 Å². The van der Waals surface area contributed by atoms with Crippen LogP contribution in [0.25, 0.3) is 0 Å². The van der Waals surface area contributed by atoms with Crippen LogP contribution in [0.3, 0.4) is 0 Å². The molecule has 2 nitrogen and oxygen atoms in total. The van der Waals surface area contributed by atoms with E-state index in [-0.39, 0.29) is 0 Å². The lowest BCUT2D eigenvalue weighted by atomic mass is 10.0. The van der Waals surface area contributed by atoms with Gasteiger partial charge in [0.25, 0.3) is 0 Å². The van der Waals surface area contributed by atoms with Crippen molar-refractivity contribution in [2.24, 2.45) is 0 Å². The summed E-state index contributed by atoms with van der Waals surface area (Å²) in [6.45, 7) is 5.10. The maximum absolute atomic E-state index is 4.46. The van der Waals surface area contributed by atoms with Gasteiger partial charge in [-0.3, -0.25) is 0 Å². The minimum atomic E-state index is 0.437. The lowest BCUT2D eigenvalue weighted by Crippen LogP contribution is -2.11. The summed E-state index contributed by atoms with van der Waals surface area (Å²) in [5, 5.41) is 0. The Morgan fingerprint density at radius 2 is 1.94 bits per heavy atom. The monoisotopic (exact) mass is 246 g/mol. The highest BCUT2D eigenvalue weighted by Crippen LogP contribution is 2.20. The Bertz CT molecular complexity index is 476. The summed E-state index contributed by atoms with van der Waals surface area (Å²) >= 11 is 4.46. The lowest BCUT2D eigenvalue weighted by Gasteiger charge is -2.16. The topological polar surface area (TPSA) is 17.8 Å². The van der Waals surface area contributed by atoms with Crippen molar-refractivity contribution in [3.05, 3.63) is 53.6 Å². The van der Waals surface area contributed by atoms with Crippen molar-refractivity contribution in [1.29, 1.82) is 0 Å². The average molecular weight is 246 g/mol. The van der Waals surface area contributed by atoms with Gasteiger partial charge in [0, 0.05) is 18.2 Å². The van der Waals surface area contributed by atoms with Gasteiger partial charge in [0.15, 0.2) is 0 Å². The van der Waals surface area contributed by atoms with Gasteiger partial charge in [0.05, 0.1) is 12.0 Å². The smallest absolute Gasteiger partial charge is 0.0951 e. The summed E-state index contributed by atoms with van der Waals surface area (Å²) in [5.74, 6) is 1.28. The average Bonchev–Trinajstić information content (AvgIpc) is 2.68. The van der Waals surface area contributed by atoms with E-state index in [1.807, 2.05) is 19.3 Å². The number of thiol groups is 1. The van der Waals surface area contributed by atoms with E-state index in [0.717, 1.165) is 18.0 Å². The summed E-state index contributed by atoms with van der Waals surface area (Å²) in [6.07, 6.45) is 1.92. The van der Waals surface area contributed by atoms with E-state index in [1.165, 1.54) is 11.3 Å². The first-order valence-corrected chi connectivity index (χ1v) is 6.49. The number of benzene rings is 1. The molecule has 90 valence electrons. The Kier molecular flexibility index (Phi) is 3.89. The van der Waals surface area contributed by atoms with Gasteiger partial charge in [-0.15, -0.1) is 0 Å². The fraction of sp³-hybridized carbons (Fsp3) is 0.357. The zero-order valence-electron chi connectivity index (χ0n) is 10.3. The number of nitrogens with zero attached hydrogens (tertiary/aromatic N) is 2. The van der Waals surface area contributed by atoms with Crippen molar-refractivity contribution < 1.29 is 0 Å². The van der Waals surface area contributed by atoms with Crippen molar-refractivity contribution in [2.45, 2.75) is 26.3 Å². The van der Waals surface area contributed by atoms with Crippen LogP contribution in [0.15, 0.2) is 36.7 Å². The van der Waals surface area contributed by atoms with Crippen molar-refractivity contribution in [3.8, 4) is 0 Å². The lowest BCUT2D eigenvalue weighted by molar-refractivity contribution is 0.592. The van der Waals surface area contributed by atoms with Gasteiger partial charge in [-0.05, 0) is 25.2 Å². The number of hydrogen-bond acceptors (Lipinski definition) is 2. The van der Waals surface area contributed by atoms with Gasteiger partial charge < -0.3 is 4.57 Å². The second-order valence-electron chi connectivity index (χ2n) is 4.36. The highest BCUT2D eigenvalue weighted by atomic mass is 32.1. The molecule has 0 aliphatic rings. The van der Waals surface area contributed by atoms with Crippen molar-refractivity contribution in [3.63, 3.8) is 0 Å². The molecule has 2 rings (SSSR count). The first-order valence-electron chi connectivity index (χ1n) is 5.86. The highest BCUT2D eigenvalue weighted by Gasteiger charge is 2.12. The SMILES string of the molecule is Cc1ncn(CC(CS)c2ccccc2)c1C. The largest absolute Gasteiger partial charge is 0.334 e. The van der Waals surface area contributed by atoms with Gasteiger partial charge in [-0.25, -0.2) is 4.98 Å². The van der Waals surface area contributed by atoms with Crippen LogP contribution >= 0.6 is 12.6 Å². The first-order chi connectivity index (χ1) is 8.22. The number of rotatable bonds is 4. The third-order valence-corrected chi connectivity index (χ3v) is 3.69. The van der Waals surface area contributed by atoms with E-state index < -0.39 is 0 Å². The molecular weight excluding hydrogens is 228 g/mol. The maximum Gasteiger partial charge on any atom is 0.0951 e. The molecule has 0 spiro atoms. The minimum Gasteiger partial charge on any atom is -0.334 e. The molecule has 1 atom stereocenters. The molecule has 1 unspecified atom stereocenters. The van der Waals surface area contributed by atoms with Gasteiger partial charge in [-0.1, -0.05) is 30.3 Å². The van der Waals surface area contributed by atoms with Crippen LogP contribution in [-0.4, -0.2) is 15.3 Å². The minimum absolute atomic E-state index is 0.437. The number of aromatic nitrogens is 2. The third kappa shape index (κ3) is 2.72. The molecule has 0 radical (unpaired) electrons. The molecule has 0 fully saturated rings. The van der Waals surface area contributed by atoms with E-state index in [0.29, 0.717) is 5.92 Å². The molecule has 1 aromatic carbocycles. The molecule has 17 heavy (non-hydrogen) atoms. The summed E-state index contributed by atoms with van der Waals surface area (Å²) in [6, 6.07) is 10.5. The van der Waals surface area contributed by atoms with Crippen LogP contribution < -0.4 is 0 Å². The summed E-state index contributed by atoms with van der Waals surface area (Å²) < 4.78 is 2.21. The Morgan fingerprint density at radius 3 is 2.47 bits per heavy atom. The first kappa shape index (κ1) is 12.2. The van der Waals surface area contributed by atoms with E-state index in [2.05, 4.69) is 53.4 Å². The zero-order valence-corrected chi connectivity index (χ0v) is 11.2. The molecule has 0 amide bonds. The number of aryl methyl sites for hydroxylation is 1. The van der Waals surface area contributed by atoms with Crippen LogP contribution in [0, 0.1) is 13.8 Å². The van der Waals surface area contributed by atoms with Crippen LogP contribution in [0.2, 0.25) is 0 Å². The standard InChI is InChI=1S/C14H18N2S/c1-11-12(2)16(10-15-11)8-14(9-17)13-6-4-3-5-7-13/h3-7,10,14,17H,8-9H2,1-2H3. The molecule has 2 aromatic rings. The molecule has 3 heteroatoms. The normalized spacial score (nSPS) is 12.6. The third-order valence-electron chi connectivity index (χ3n) is 3.25. The predicted molar refractivity (Wildman–Crippen MR) is 74.7 cm³/mol. The molecular formula is C14H18N2S. The van der Waals surface area contributed by atoms with E-state index in [4.69, 9.17) is 0 Å². The van der Waals surface area contributed by atoms with Crippen molar-refractivity contribution in [2.75, 3.05) is 5.75 Å². The Hall–Kier alpha value is -1.22. The van der Waals surface area contributed by atoms with E-state index in [1.54, 1.807) is 0 Å². The predicted octanol–water partition coefficient (Wildman–Crippen LogP) is 3.21. The molecule has 0 bridgehead atoms.